The van der Waals surface area contributed by atoms with Crippen LogP contribution in [0.5, 0.6) is 0 Å². The smallest absolute Gasteiger partial charge is 0.175 e. The molecular formula is C23H26ClFN8S. The number of hydrogen-bond acceptors (Lipinski definition) is 4. The van der Waals surface area contributed by atoms with E-state index in [0.29, 0.717) is 22.2 Å². The number of thiocarbonyl (C=S) groups is 1. The fourth-order valence-electron chi connectivity index (χ4n) is 3.79. The lowest BCUT2D eigenvalue weighted by molar-refractivity contribution is 0.579. The zero-order chi connectivity index (χ0) is 24.4. The summed E-state index contributed by atoms with van der Waals surface area (Å²) < 4.78 is 19.7. The summed E-state index contributed by atoms with van der Waals surface area (Å²) in [5.41, 5.74) is 5.73. The fraction of sp³-hybridized carbons (Fsp3) is 0.304. The number of aromatic nitrogens is 6. The molecule has 0 aliphatic carbocycles. The molecule has 0 aliphatic heterocycles. The van der Waals surface area contributed by atoms with Crippen molar-refractivity contribution in [2.45, 2.75) is 47.3 Å². The average molecular weight is 501 g/mol. The van der Waals surface area contributed by atoms with Crippen molar-refractivity contribution in [3.63, 3.8) is 0 Å². The van der Waals surface area contributed by atoms with Crippen LogP contribution in [-0.4, -0.2) is 34.5 Å². The van der Waals surface area contributed by atoms with E-state index in [1.807, 2.05) is 35.6 Å². The first-order valence-electron chi connectivity index (χ1n) is 10.9. The van der Waals surface area contributed by atoms with Crippen LogP contribution in [-0.2, 0) is 19.6 Å². The third-order valence-electron chi connectivity index (χ3n) is 5.72. The number of nitrogens with one attached hydrogen (secondary N) is 2. The van der Waals surface area contributed by atoms with Crippen molar-refractivity contribution < 1.29 is 4.39 Å². The van der Waals surface area contributed by atoms with Crippen LogP contribution in [0.1, 0.15) is 35.1 Å². The summed E-state index contributed by atoms with van der Waals surface area (Å²) in [6.45, 7) is 9.57. The van der Waals surface area contributed by atoms with Gasteiger partial charge in [-0.3, -0.25) is 14.0 Å². The predicted octanol–water partition coefficient (Wildman–Crippen LogP) is 4.92. The van der Waals surface area contributed by atoms with Crippen LogP contribution in [0.25, 0.3) is 0 Å². The molecule has 0 fully saturated rings. The maximum absolute atomic E-state index is 14.2. The van der Waals surface area contributed by atoms with Gasteiger partial charge in [0, 0.05) is 34.6 Å². The summed E-state index contributed by atoms with van der Waals surface area (Å²) in [5.74, 6) is -0.360. The molecule has 3 heterocycles. The number of halogens is 2. The lowest BCUT2D eigenvalue weighted by Crippen LogP contribution is -2.19. The number of aryl methyl sites for hydroxylation is 2. The minimum Gasteiger partial charge on any atom is -0.330 e. The van der Waals surface area contributed by atoms with E-state index in [1.54, 1.807) is 23.0 Å². The van der Waals surface area contributed by atoms with Crippen LogP contribution < -0.4 is 10.6 Å². The van der Waals surface area contributed by atoms with Crippen molar-refractivity contribution in [2.24, 2.45) is 0 Å². The Labute approximate surface area is 207 Å². The molecule has 0 bridgehead atoms. The van der Waals surface area contributed by atoms with Gasteiger partial charge in [-0.15, -0.1) is 0 Å². The Morgan fingerprint density at radius 1 is 1.06 bits per heavy atom. The van der Waals surface area contributed by atoms with Crippen molar-refractivity contribution in [1.29, 1.82) is 0 Å². The first kappa shape index (κ1) is 23.9. The second kappa shape index (κ2) is 9.94. The molecule has 8 nitrogen and oxygen atoms in total. The van der Waals surface area contributed by atoms with Gasteiger partial charge in [0.15, 0.2) is 5.11 Å². The average Bonchev–Trinajstić information content (AvgIpc) is 3.46. The van der Waals surface area contributed by atoms with Gasteiger partial charge in [-0.05, 0) is 52.0 Å². The Hall–Kier alpha value is -3.24. The van der Waals surface area contributed by atoms with Gasteiger partial charge in [0.25, 0.3) is 0 Å². The summed E-state index contributed by atoms with van der Waals surface area (Å²) >= 11 is 11.7. The van der Waals surface area contributed by atoms with Gasteiger partial charge in [0.1, 0.15) is 5.82 Å². The highest BCUT2D eigenvalue weighted by Crippen LogP contribution is 2.24. The molecule has 0 saturated heterocycles. The second-order valence-corrected chi connectivity index (χ2v) is 8.80. The monoisotopic (exact) mass is 500 g/mol. The van der Waals surface area contributed by atoms with Crippen LogP contribution in [0.2, 0.25) is 5.02 Å². The van der Waals surface area contributed by atoms with Crippen molar-refractivity contribution >= 4 is 40.3 Å². The van der Waals surface area contributed by atoms with E-state index in [1.165, 1.54) is 6.07 Å². The minimum absolute atomic E-state index is 0.223. The maximum atomic E-state index is 14.2. The van der Waals surface area contributed by atoms with E-state index < -0.39 is 0 Å². The summed E-state index contributed by atoms with van der Waals surface area (Å²) in [6, 6.07) is 4.64. The van der Waals surface area contributed by atoms with E-state index >= 15 is 0 Å². The summed E-state index contributed by atoms with van der Waals surface area (Å²) in [6.07, 6.45) is 5.48. The first-order chi connectivity index (χ1) is 16.3. The van der Waals surface area contributed by atoms with Crippen LogP contribution in [0, 0.1) is 26.6 Å². The van der Waals surface area contributed by atoms with Gasteiger partial charge >= 0.3 is 0 Å². The van der Waals surface area contributed by atoms with Crippen molar-refractivity contribution in [1.82, 2.24) is 29.3 Å². The van der Waals surface area contributed by atoms with E-state index in [0.717, 1.165) is 40.6 Å². The number of benzene rings is 1. The molecule has 0 saturated carbocycles. The maximum Gasteiger partial charge on any atom is 0.175 e. The molecule has 1 aromatic carbocycles. The normalized spacial score (nSPS) is 11.1. The predicted molar refractivity (Wildman–Crippen MR) is 136 cm³/mol. The standard InChI is InChI=1S/C23H26ClFN8S/c1-5-32-15(3)17(9-27-32)11-31-12-18(10-26-31)28-23(34)29-22-14(2)30-33(16(22)4)13-19-20(24)7-6-8-21(19)25/h6-10,12H,5,11,13H2,1-4H3,(H2,28,29,34). The molecule has 0 radical (unpaired) electrons. The van der Waals surface area contributed by atoms with Gasteiger partial charge in [-0.2, -0.15) is 15.3 Å². The van der Waals surface area contributed by atoms with Gasteiger partial charge in [-0.25, -0.2) is 4.39 Å². The Balaban J connectivity index is 1.42. The van der Waals surface area contributed by atoms with E-state index in [2.05, 4.69) is 39.8 Å². The number of rotatable bonds is 7. The molecule has 4 aromatic rings. The zero-order valence-corrected chi connectivity index (χ0v) is 21.0. The number of nitrogens with zero attached hydrogens (tertiary/aromatic N) is 6. The molecule has 34 heavy (non-hydrogen) atoms. The second-order valence-electron chi connectivity index (χ2n) is 7.98. The molecule has 0 unspecified atom stereocenters. The van der Waals surface area contributed by atoms with E-state index in [4.69, 9.17) is 23.8 Å². The van der Waals surface area contributed by atoms with Crippen molar-refractivity contribution in [3.05, 3.63) is 75.8 Å². The largest absolute Gasteiger partial charge is 0.330 e. The molecule has 2 N–H and O–H groups in total. The van der Waals surface area contributed by atoms with Gasteiger partial charge < -0.3 is 10.6 Å². The molecule has 4 rings (SSSR count). The Morgan fingerprint density at radius 2 is 1.85 bits per heavy atom. The van der Waals surface area contributed by atoms with Gasteiger partial charge in [0.05, 0.1) is 48.2 Å². The number of anilines is 2. The van der Waals surface area contributed by atoms with Crippen molar-refractivity contribution in [2.75, 3.05) is 10.6 Å². The zero-order valence-electron chi connectivity index (χ0n) is 19.4. The SMILES string of the molecule is CCn1ncc(Cn2cc(NC(=S)Nc3c(C)nn(Cc4c(F)cccc4Cl)c3C)cn2)c1C. The highest BCUT2D eigenvalue weighted by Gasteiger charge is 2.16. The molecule has 0 amide bonds. The molecule has 11 heteroatoms. The van der Waals surface area contributed by atoms with E-state index in [9.17, 15) is 4.39 Å². The minimum atomic E-state index is -0.360. The molecule has 178 valence electrons. The van der Waals surface area contributed by atoms with Crippen LogP contribution in [0.4, 0.5) is 15.8 Å². The Morgan fingerprint density at radius 3 is 2.56 bits per heavy atom. The molecule has 0 atom stereocenters. The number of hydrogen-bond donors (Lipinski definition) is 2. The van der Waals surface area contributed by atoms with Crippen LogP contribution >= 0.6 is 23.8 Å². The summed E-state index contributed by atoms with van der Waals surface area (Å²) in [5, 5.41) is 20.5. The van der Waals surface area contributed by atoms with Gasteiger partial charge in [0.2, 0.25) is 0 Å². The van der Waals surface area contributed by atoms with E-state index in [-0.39, 0.29) is 12.4 Å². The van der Waals surface area contributed by atoms with Crippen LogP contribution in [0.3, 0.4) is 0 Å². The topological polar surface area (TPSA) is 77.5 Å². The third kappa shape index (κ3) is 4.97. The van der Waals surface area contributed by atoms with Crippen molar-refractivity contribution in [3.8, 4) is 0 Å². The lowest BCUT2D eigenvalue weighted by Gasteiger charge is -2.11. The summed E-state index contributed by atoms with van der Waals surface area (Å²) in [7, 11) is 0. The highest BCUT2D eigenvalue weighted by molar-refractivity contribution is 7.80. The quantitative estimate of drug-likeness (QED) is 0.351. The Kier molecular flexibility index (Phi) is 6.99. The first-order valence-corrected chi connectivity index (χ1v) is 11.6. The molecule has 0 spiro atoms. The highest BCUT2D eigenvalue weighted by atomic mass is 35.5. The molecular weight excluding hydrogens is 475 g/mol. The van der Waals surface area contributed by atoms with Crippen LogP contribution in [0.15, 0.2) is 36.8 Å². The lowest BCUT2D eigenvalue weighted by atomic mass is 10.2. The third-order valence-corrected chi connectivity index (χ3v) is 6.28. The Bertz CT molecular complexity index is 1320. The molecule has 3 aromatic heterocycles. The fourth-order valence-corrected chi connectivity index (χ4v) is 4.23. The van der Waals surface area contributed by atoms with Gasteiger partial charge in [-0.1, -0.05) is 17.7 Å². The molecule has 0 aliphatic rings. The summed E-state index contributed by atoms with van der Waals surface area (Å²) in [4.78, 5) is 0.